The highest BCUT2D eigenvalue weighted by molar-refractivity contribution is 6.37. The average Bonchev–Trinajstić information content (AvgIpc) is 2.41. The molecule has 0 amide bonds. The van der Waals surface area contributed by atoms with E-state index in [4.69, 9.17) is 27.9 Å². The minimum absolute atomic E-state index is 0.293. The largest absolute Gasteiger partial charge is 0.494 e. The first-order chi connectivity index (χ1) is 11.2. The maximum absolute atomic E-state index is 6.30. The Kier molecular flexibility index (Phi) is 3.91. The van der Waals surface area contributed by atoms with Gasteiger partial charge in [0.1, 0.15) is 0 Å². The average molecular weight is 368 g/mol. The van der Waals surface area contributed by atoms with E-state index in [0.717, 1.165) is 18.0 Å². The molecule has 4 fully saturated rings. The van der Waals surface area contributed by atoms with Crippen LogP contribution < -0.4 is 10.1 Å². The fourth-order valence-corrected chi connectivity index (χ4v) is 7.53. The van der Waals surface area contributed by atoms with Gasteiger partial charge in [0.2, 0.25) is 0 Å². The molecular weight excluding hydrogens is 341 g/mol. The Morgan fingerprint density at radius 2 is 1.62 bits per heavy atom. The predicted octanol–water partition coefficient (Wildman–Crippen LogP) is 5.84. The summed E-state index contributed by atoms with van der Waals surface area (Å²) in [6, 6.07) is 3.95. The first-order valence-corrected chi connectivity index (χ1v) is 9.76. The number of rotatable bonds is 4. The minimum atomic E-state index is 0.293. The van der Waals surface area contributed by atoms with Crippen LogP contribution in [0.3, 0.4) is 0 Å². The van der Waals surface area contributed by atoms with E-state index in [2.05, 4.69) is 19.2 Å². The molecule has 1 aromatic carbocycles. The molecule has 5 rings (SSSR count). The maximum atomic E-state index is 6.30. The zero-order chi connectivity index (χ0) is 17.2. The molecule has 4 atom stereocenters. The van der Waals surface area contributed by atoms with Gasteiger partial charge in [-0.3, -0.25) is 0 Å². The molecule has 0 spiro atoms. The summed E-state index contributed by atoms with van der Waals surface area (Å²) in [5.74, 6) is 1.46. The number of methoxy groups -OCH3 is 1. The van der Waals surface area contributed by atoms with Gasteiger partial charge in [-0.15, -0.1) is 0 Å². The van der Waals surface area contributed by atoms with Crippen molar-refractivity contribution in [2.75, 3.05) is 7.11 Å². The van der Waals surface area contributed by atoms with Crippen LogP contribution in [0.2, 0.25) is 10.0 Å². The van der Waals surface area contributed by atoms with Crippen molar-refractivity contribution in [3.63, 3.8) is 0 Å². The second-order valence-electron chi connectivity index (χ2n) is 9.36. The van der Waals surface area contributed by atoms with Gasteiger partial charge in [-0.25, -0.2) is 0 Å². The van der Waals surface area contributed by atoms with Gasteiger partial charge in [-0.1, -0.05) is 37.0 Å². The Morgan fingerprint density at radius 1 is 1.04 bits per heavy atom. The number of nitrogens with one attached hydrogen (secondary N) is 1. The van der Waals surface area contributed by atoms with Crippen molar-refractivity contribution in [1.29, 1.82) is 0 Å². The molecule has 1 N–H and O–H groups in total. The van der Waals surface area contributed by atoms with Gasteiger partial charge in [0.25, 0.3) is 0 Å². The van der Waals surface area contributed by atoms with E-state index in [9.17, 15) is 0 Å². The van der Waals surface area contributed by atoms with Gasteiger partial charge in [0, 0.05) is 12.1 Å². The van der Waals surface area contributed by atoms with E-state index < -0.39 is 0 Å². The Bertz CT molecular complexity index is 633. The summed E-state index contributed by atoms with van der Waals surface area (Å²) in [6.07, 6.45) is 8.20. The first kappa shape index (κ1) is 17.0. The number of halogens is 2. The third-order valence-corrected chi connectivity index (χ3v) is 7.12. The van der Waals surface area contributed by atoms with Crippen LogP contribution in [0.4, 0.5) is 0 Å². The van der Waals surface area contributed by atoms with Gasteiger partial charge in [0.15, 0.2) is 5.75 Å². The maximum Gasteiger partial charge on any atom is 0.156 e. The summed E-state index contributed by atoms with van der Waals surface area (Å²) in [5, 5.41) is 5.11. The van der Waals surface area contributed by atoms with Crippen LogP contribution in [0.25, 0.3) is 0 Å². The molecule has 0 saturated heterocycles. The predicted molar refractivity (Wildman–Crippen MR) is 100.0 cm³/mol. The van der Waals surface area contributed by atoms with Crippen molar-refractivity contribution >= 4 is 23.2 Å². The van der Waals surface area contributed by atoms with E-state index in [1.165, 1.54) is 38.5 Å². The second-order valence-corrected chi connectivity index (χ2v) is 10.2. The molecule has 0 radical (unpaired) electrons. The van der Waals surface area contributed by atoms with Crippen molar-refractivity contribution in [2.45, 2.75) is 64.5 Å². The molecule has 2 nitrogen and oxygen atoms in total. The molecule has 2 unspecified atom stereocenters. The molecule has 4 aliphatic rings. The van der Waals surface area contributed by atoms with Gasteiger partial charge in [-0.05, 0) is 73.0 Å². The Hall–Kier alpha value is -0.440. The molecule has 1 aromatic rings. The summed E-state index contributed by atoms with van der Waals surface area (Å²) in [5.41, 5.74) is 2.48. The lowest BCUT2D eigenvalue weighted by atomic mass is 9.43. The first-order valence-electron chi connectivity index (χ1n) is 9.01. The van der Waals surface area contributed by atoms with Crippen molar-refractivity contribution in [1.82, 2.24) is 5.32 Å². The molecule has 4 aliphatic carbocycles. The van der Waals surface area contributed by atoms with E-state index in [0.29, 0.717) is 32.2 Å². The molecule has 4 heteroatoms. The summed E-state index contributed by atoms with van der Waals surface area (Å²) >= 11 is 12.6. The quantitative estimate of drug-likeness (QED) is 0.721. The SMILES string of the molecule is COc1c(Cl)cc(CNC23CC4C[C@@](C)(C2)C[C@](C)(C4)C3)cc1Cl. The lowest BCUT2D eigenvalue weighted by Crippen LogP contribution is -2.63. The van der Waals surface area contributed by atoms with Gasteiger partial charge in [0.05, 0.1) is 17.2 Å². The number of benzene rings is 1. The van der Waals surface area contributed by atoms with Crippen LogP contribution in [-0.4, -0.2) is 12.6 Å². The fourth-order valence-electron chi connectivity index (χ4n) is 6.84. The second kappa shape index (κ2) is 5.53. The lowest BCUT2D eigenvalue weighted by Gasteiger charge is -2.65. The summed E-state index contributed by atoms with van der Waals surface area (Å²) in [6.45, 7) is 5.84. The highest BCUT2D eigenvalue weighted by Crippen LogP contribution is 2.66. The number of hydrogen-bond acceptors (Lipinski definition) is 2. The van der Waals surface area contributed by atoms with Crippen LogP contribution in [0, 0.1) is 16.7 Å². The third-order valence-electron chi connectivity index (χ3n) is 6.56. The van der Waals surface area contributed by atoms with Gasteiger partial charge in [-0.2, -0.15) is 0 Å². The monoisotopic (exact) mass is 367 g/mol. The van der Waals surface area contributed by atoms with Gasteiger partial charge < -0.3 is 10.1 Å². The van der Waals surface area contributed by atoms with E-state index in [1.807, 2.05) is 12.1 Å². The number of ether oxygens (including phenoxy) is 1. The van der Waals surface area contributed by atoms with Crippen molar-refractivity contribution in [2.24, 2.45) is 16.7 Å². The van der Waals surface area contributed by atoms with Crippen LogP contribution in [-0.2, 0) is 6.54 Å². The van der Waals surface area contributed by atoms with E-state index in [-0.39, 0.29) is 0 Å². The summed E-state index contributed by atoms with van der Waals surface area (Å²) in [7, 11) is 1.60. The highest BCUT2D eigenvalue weighted by atomic mass is 35.5. The summed E-state index contributed by atoms with van der Waals surface area (Å²) in [4.78, 5) is 0. The Balaban J connectivity index is 1.54. The minimum Gasteiger partial charge on any atom is -0.494 e. The standard InChI is InChI=1S/C20H27Cl2NO/c1-18-6-14-7-19(2,10-18)12-20(8-14,11-18)23-9-13-4-15(21)17(24-3)16(22)5-13/h4-5,14,23H,6-12H2,1-3H3/t14?,18-,19+,20?. The van der Waals surface area contributed by atoms with Crippen LogP contribution in [0.5, 0.6) is 5.75 Å². The molecule has 132 valence electrons. The smallest absolute Gasteiger partial charge is 0.156 e. The van der Waals surface area contributed by atoms with Crippen LogP contribution in [0.15, 0.2) is 12.1 Å². The lowest BCUT2D eigenvalue weighted by molar-refractivity contribution is -0.118. The van der Waals surface area contributed by atoms with Crippen molar-refractivity contribution in [3.8, 4) is 5.75 Å². The topological polar surface area (TPSA) is 21.3 Å². The normalized spacial score (nSPS) is 40.1. The molecule has 0 aliphatic heterocycles. The molecule has 4 bridgehead atoms. The molecular formula is C20H27Cl2NO. The Morgan fingerprint density at radius 3 is 2.12 bits per heavy atom. The molecule has 0 aromatic heterocycles. The number of hydrogen-bond donors (Lipinski definition) is 1. The van der Waals surface area contributed by atoms with Crippen molar-refractivity contribution < 1.29 is 4.74 Å². The third kappa shape index (κ3) is 2.85. The molecule has 0 heterocycles. The Labute approximate surface area is 155 Å². The summed E-state index contributed by atoms with van der Waals surface area (Å²) < 4.78 is 5.25. The van der Waals surface area contributed by atoms with Crippen molar-refractivity contribution in [3.05, 3.63) is 27.7 Å². The zero-order valence-corrected chi connectivity index (χ0v) is 16.4. The highest BCUT2D eigenvalue weighted by Gasteiger charge is 2.59. The van der Waals surface area contributed by atoms with Crippen LogP contribution in [0.1, 0.15) is 57.9 Å². The molecule has 24 heavy (non-hydrogen) atoms. The molecule has 4 saturated carbocycles. The zero-order valence-electron chi connectivity index (χ0n) is 14.8. The van der Waals surface area contributed by atoms with E-state index in [1.54, 1.807) is 7.11 Å². The fraction of sp³-hybridized carbons (Fsp3) is 0.700. The van der Waals surface area contributed by atoms with Crippen LogP contribution >= 0.6 is 23.2 Å². The van der Waals surface area contributed by atoms with Gasteiger partial charge >= 0.3 is 0 Å². The van der Waals surface area contributed by atoms with E-state index >= 15 is 0 Å².